The van der Waals surface area contributed by atoms with Gasteiger partial charge in [0.15, 0.2) is 10.8 Å². The van der Waals surface area contributed by atoms with Gasteiger partial charge in [-0.3, -0.25) is 24.1 Å². The standard InChI is InChI=1S/C19H18N6O8S2/c20-19-21-9(6-35-19)11(23-33)14(28)22-12-16(30)25-13(18(31)32)8(5-34-17(12)25)3-7-1-2-24(15(7)29)4-10(26)27/h3,6,12,17,33H,1-2,4-5H2,(H2,20,21)(H,22,28)(H,26,27)(H,31,32)/t12-,17-/m1/s1. The van der Waals surface area contributed by atoms with Crippen molar-refractivity contribution in [3.8, 4) is 0 Å². The predicted molar refractivity (Wildman–Crippen MR) is 121 cm³/mol. The molecule has 4 heterocycles. The molecule has 0 radical (unpaired) electrons. The van der Waals surface area contributed by atoms with E-state index in [0.29, 0.717) is 0 Å². The number of β-lactam (4-membered cyclic amide) rings is 1. The van der Waals surface area contributed by atoms with Crippen LogP contribution in [0.25, 0.3) is 0 Å². The van der Waals surface area contributed by atoms with Crippen LogP contribution in [0.5, 0.6) is 0 Å². The maximum atomic E-state index is 12.8. The molecule has 0 bridgehead atoms. The number of hydrogen-bond donors (Lipinski definition) is 5. The third-order valence-corrected chi connectivity index (χ3v) is 7.43. The molecule has 0 spiro atoms. The molecule has 3 aliphatic heterocycles. The number of fused-ring (bicyclic) bond motifs is 1. The van der Waals surface area contributed by atoms with E-state index in [0.717, 1.165) is 21.1 Å². The number of likely N-dealkylation sites (tertiary alicyclic amines) is 1. The summed E-state index contributed by atoms with van der Waals surface area (Å²) < 4.78 is 0. The minimum absolute atomic E-state index is 0.0191. The number of rotatable bonds is 7. The largest absolute Gasteiger partial charge is 0.480 e. The summed E-state index contributed by atoms with van der Waals surface area (Å²) in [6.45, 7) is -0.269. The Kier molecular flexibility index (Phi) is 6.49. The highest BCUT2D eigenvalue weighted by Gasteiger charge is 2.54. The van der Waals surface area contributed by atoms with Crippen molar-refractivity contribution in [3.63, 3.8) is 0 Å². The van der Waals surface area contributed by atoms with Crippen molar-refractivity contribution in [2.24, 2.45) is 5.16 Å². The van der Waals surface area contributed by atoms with Crippen LogP contribution >= 0.6 is 23.1 Å². The Morgan fingerprint density at radius 2 is 2.06 bits per heavy atom. The number of thioether (sulfide) groups is 1. The van der Waals surface area contributed by atoms with Gasteiger partial charge in [-0.2, -0.15) is 0 Å². The maximum Gasteiger partial charge on any atom is 0.352 e. The summed E-state index contributed by atoms with van der Waals surface area (Å²) in [5.74, 6) is -4.50. The van der Waals surface area contributed by atoms with Gasteiger partial charge in [0.2, 0.25) is 5.91 Å². The van der Waals surface area contributed by atoms with Crippen LogP contribution in [0.4, 0.5) is 5.13 Å². The molecule has 0 aliphatic carbocycles. The molecule has 4 rings (SSSR count). The number of oxime groups is 1. The Balaban J connectivity index is 1.53. The molecule has 184 valence electrons. The number of carboxylic acid groups (broad SMARTS) is 2. The van der Waals surface area contributed by atoms with Crippen LogP contribution in [0.3, 0.4) is 0 Å². The number of carboxylic acids is 2. The molecule has 3 amide bonds. The predicted octanol–water partition coefficient (Wildman–Crippen LogP) is -1.11. The second kappa shape index (κ2) is 9.38. The Hall–Kier alpha value is -3.92. The molecule has 2 fully saturated rings. The number of aromatic nitrogens is 1. The number of nitrogens with one attached hydrogen (secondary N) is 1. The first kappa shape index (κ1) is 24.2. The van der Waals surface area contributed by atoms with E-state index in [2.05, 4.69) is 15.5 Å². The zero-order chi connectivity index (χ0) is 25.4. The first-order chi connectivity index (χ1) is 16.6. The first-order valence-electron chi connectivity index (χ1n) is 9.99. The fourth-order valence-corrected chi connectivity index (χ4v) is 5.75. The molecule has 16 heteroatoms. The molecule has 2 atom stereocenters. The summed E-state index contributed by atoms with van der Waals surface area (Å²) in [5.41, 5.74) is 5.27. The number of nitrogens with two attached hydrogens (primary N) is 1. The number of thiazole rings is 1. The highest BCUT2D eigenvalue weighted by atomic mass is 32.2. The fraction of sp³-hybridized carbons (Fsp3) is 0.316. The number of aliphatic carboxylic acids is 2. The number of hydrogen-bond acceptors (Lipinski definition) is 11. The van der Waals surface area contributed by atoms with Gasteiger partial charge >= 0.3 is 11.9 Å². The van der Waals surface area contributed by atoms with Crippen LogP contribution < -0.4 is 11.1 Å². The Morgan fingerprint density at radius 3 is 2.66 bits per heavy atom. The molecule has 2 saturated heterocycles. The quantitative estimate of drug-likeness (QED) is 0.0950. The minimum atomic E-state index is -1.39. The number of carbonyl (C=O) groups is 5. The lowest BCUT2D eigenvalue weighted by Gasteiger charge is -2.49. The summed E-state index contributed by atoms with van der Waals surface area (Å²) in [7, 11) is 0. The van der Waals surface area contributed by atoms with E-state index in [1.807, 2.05) is 0 Å². The van der Waals surface area contributed by atoms with Crippen LogP contribution in [-0.2, 0) is 24.0 Å². The van der Waals surface area contributed by atoms with Gasteiger partial charge in [0, 0.05) is 23.3 Å². The molecule has 1 aromatic rings. The molecule has 3 aliphatic rings. The fourth-order valence-electron chi connectivity index (χ4n) is 3.90. The van der Waals surface area contributed by atoms with Gasteiger partial charge in [0.1, 0.15) is 29.4 Å². The highest BCUT2D eigenvalue weighted by Crippen LogP contribution is 2.41. The van der Waals surface area contributed by atoms with Crippen LogP contribution in [-0.4, -0.2) is 95.8 Å². The lowest BCUT2D eigenvalue weighted by molar-refractivity contribution is -0.150. The van der Waals surface area contributed by atoms with Gasteiger partial charge in [-0.05, 0) is 18.1 Å². The zero-order valence-corrected chi connectivity index (χ0v) is 19.3. The average molecular weight is 523 g/mol. The third kappa shape index (κ3) is 4.44. The van der Waals surface area contributed by atoms with Crippen LogP contribution in [0.15, 0.2) is 33.5 Å². The Bertz CT molecular complexity index is 1240. The van der Waals surface area contributed by atoms with Crippen LogP contribution in [0.1, 0.15) is 12.1 Å². The van der Waals surface area contributed by atoms with Gasteiger partial charge in [-0.15, -0.1) is 23.1 Å². The van der Waals surface area contributed by atoms with Gasteiger partial charge in [-0.25, -0.2) is 9.78 Å². The number of nitrogens with zero attached hydrogens (tertiary/aromatic N) is 4. The zero-order valence-electron chi connectivity index (χ0n) is 17.7. The van der Waals surface area contributed by atoms with E-state index in [1.54, 1.807) is 0 Å². The van der Waals surface area contributed by atoms with E-state index < -0.39 is 53.3 Å². The van der Waals surface area contributed by atoms with E-state index in [4.69, 9.17) is 10.8 Å². The van der Waals surface area contributed by atoms with Crippen molar-refractivity contribution < 1.29 is 39.4 Å². The van der Waals surface area contributed by atoms with Crippen molar-refractivity contribution in [2.45, 2.75) is 17.8 Å². The van der Waals surface area contributed by atoms with E-state index in [9.17, 15) is 34.3 Å². The minimum Gasteiger partial charge on any atom is -0.480 e. The lowest BCUT2D eigenvalue weighted by Crippen LogP contribution is -2.71. The van der Waals surface area contributed by atoms with Crippen molar-refractivity contribution in [2.75, 3.05) is 24.6 Å². The molecule has 14 nitrogen and oxygen atoms in total. The van der Waals surface area contributed by atoms with E-state index in [-0.39, 0.29) is 46.4 Å². The average Bonchev–Trinajstić information content (AvgIpc) is 3.37. The second-order valence-corrected chi connectivity index (χ2v) is 9.59. The molecule has 35 heavy (non-hydrogen) atoms. The van der Waals surface area contributed by atoms with E-state index >= 15 is 0 Å². The van der Waals surface area contributed by atoms with Crippen molar-refractivity contribution >= 4 is 63.6 Å². The summed E-state index contributed by atoms with van der Waals surface area (Å²) in [6.07, 6.45) is 1.63. The number of allylic oxidation sites excluding steroid dienone is 1. The smallest absolute Gasteiger partial charge is 0.352 e. The molecular formula is C19H18N6O8S2. The van der Waals surface area contributed by atoms with E-state index in [1.165, 1.54) is 23.2 Å². The van der Waals surface area contributed by atoms with Gasteiger partial charge in [0.05, 0.1) is 0 Å². The SMILES string of the molecule is Nc1nc(C(=NO)C(=O)N[C@@H]2C(=O)N3C(C(=O)O)=C(C=C4CCN(CC(=O)O)C4=O)CS[C@H]23)cs1. The number of amides is 3. The molecule has 0 unspecified atom stereocenters. The molecule has 1 aromatic heterocycles. The summed E-state index contributed by atoms with van der Waals surface area (Å²) >= 11 is 2.21. The van der Waals surface area contributed by atoms with Crippen LogP contribution in [0.2, 0.25) is 0 Å². The lowest BCUT2D eigenvalue weighted by atomic mass is 10.0. The summed E-state index contributed by atoms with van der Waals surface area (Å²) in [6, 6.07) is -1.08. The van der Waals surface area contributed by atoms with Gasteiger partial charge in [0.25, 0.3) is 11.8 Å². The normalized spacial score (nSPS) is 23.4. The highest BCUT2D eigenvalue weighted by molar-refractivity contribution is 8.00. The first-order valence-corrected chi connectivity index (χ1v) is 11.9. The summed E-state index contributed by atoms with van der Waals surface area (Å²) in [4.78, 5) is 66.8. The van der Waals surface area contributed by atoms with Crippen molar-refractivity contribution in [3.05, 3.63) is 34.0 Å². The number of nitrogen functional groups attached to an aromatic ring is 1. The Morgan fingerprint density at radius 1 is 1.31 bits per heavy atom. The number of carbonyl (C=O) groups excluding carboxylic acids is 3. The number of anilines is 1. The Labute approximate surface area is 204 Å². The van der Waals surface area contributed by atoms with Crippen molar-refractivity contribution in [1.82, 2.24) is 20.1 Å². The second-order valence-electron chi connectivity index (χ2n) is 7.60. The van der Waals surface area contributed by atoms with Gasteiger partial charge in [-0.1, -0.05) is 5.16 Å². The molecular weight excluding hydrogens is 504 g/mol. The third-order valence-electron chi connectivity index (χ3n) is 5.45. The van der Waals surface area contributed by atoms with Crippen molar-refractivity contribution in [1.29, 1.82) is 0 Å². The van der Waals surface area contributed by atoms with Crippen LogP contribution in [0, 0.1) is 0 Å². The molecule has 0 saturated carbocycles. The maximum absolute atomic E-state index is 12.8. The molecule has 6 N–H and O–H groups in total. The van der Waals surface area contributed by atoms with Gasteiger partial charge < -0.3 is 31.4 Å². The molecule has 0 aromatic carbocycles. The summed E-state index contributed by atoms with van der Waals surface area (Å²) in [5, 5.41) is 34.1. The topological polar surface area (TPSA) is 216 Å². The monoisotopic (exact) mass is 522 g/mol.